The lowest BCUT2D eigenvalue weighted by Gasteiger charge is -2.37. The largest absolute Gasteiger partial charge is 0.285 e. The lowest BCUT2D eigenvalue weighted by molar-refractivity contribution is 0.195. The van der Waals surface area contributed by atoms with E-state index in [0.29, 0.717) is 6.42 Å². The Morgan fingerprint density at radius 1 is 1.00 bits per heavy atom. The molecule has 1 atom stereocenters. The van der Waals surface area contributed by atoms with Gasteiger partial charge in [0.1, 0.15) is 0 Å². The molecule has 0 heterocycles. The highest BCUT2D eigenvalue weighted by molar-refractivity contribution is 7.86. The molecule has 2 rings (SSSR count). The van der Waals surface area contributed by atoms with Crippen molar-refractivity contribution in [2.45, 2.75) is 56.6 Å². The van der Waals surface area contributed by atoms with Gasteiger partial charge in [-0.2, -0.15) is 8.42 Å². The minimum absolute atomic E-state index is 0.0637. The first kappa shape index (κ1) is 10.4. The van der Waals surface area contributed by atoms with Crippen LogP contribution in [0, 0.1) is 5.41 Å². The Morgan fingerprint density at radius 3 is 2.14 bits per heavy atom. The molecule has 0 aromatic heterocycles. The third kappa shape index (κ3) is 1.70. The summed E-state index contributed by atoms with van der Waals surface area (Å²) in [6.07, 6.45) is 8.10. The highest BCUT2D eigenvalue weighted by atomic mass is 32.2. The summed E-state index contributed by atoms with van der Waals surface area (Å²) in [4.78, 5) is 0. The molecule has 3 nitrogen and oxygen atoms in total. The standard InChI is InChI=1S/C10H18O3S/c11-14(12,13)9-5-4-8-10(9)6-2-1-3-7-10/h9H,1-8H2,(H,11,12,13). The van der Waals surface area contributed by atoms with Gasteiger partial charge >= 0.3 is 0 Å². The average molecular weight is 218 g/mol. The second kappa shape index (κ2) is 3.49. The van der Waals surface area contributed by atoms with Gasteiger partial charge in [0, 0.05) is 0 Å². The summed E-state index contributed by atoms with van der Waals surface area (Å²) in [5.74, 6) is 0. The molecular weight excluding hydrogens is 200 g/mol. The number of rotatable bonds is 1. The van der Waals surface area contributed by atoms with Gasteiger partial charge in [0.2, 0.25) is 0 Å². The maximum atomic E-state index is 11.3. The molecule has 0 saturated heterocycles. The zero-order chi connectivity index (χ0) is 10.2. The van der Waals surface area contributed by atoms with Gasteiger partial charge in [-0.25, -0.2) is 0 Å². The van der Waals surface area contributed by atoms with E-state index in [9.17, 15) is 13.0 Å². The van der Waals surface area contributed by atoms with Crippen molar-refractivity contribution >= 4 is 10.1 Å². The van der Waals surface area contributed by atoms with E-state index in [2.05, 4.69) is 0 Å². The molecule has 0 radical (unpaired) electrons. The Morgan fingerprint density at radius 2 is 1.57 bits per heavy atom. The van der Waals surface area contributed by atoms with Crippen molar-refractivity contribution < 1.29 is 13.0 Å². The van der Waals surface area contributed by atoms with Crippen molar-refractivity contribution in [3.63, 3.8) is 0 Å². The lowest BCUT2D eigenvalue weighted by atomic mass is 9.73. The van der Waals surface area contributed by atoms with Crippen LogP contribution in [0.5, 0.6) is 0 Å². The molecule has 2 fully saturated rings. The van der Waals surface area contributed by atoms with Crippen LogP contribution in [0.15, 0.2) is 0 Å². The first-order valence-electron chi connectivity index (χ1n) is 5.51. The van der Waals surface area contributed by atoms with Gasteiger partial charge in [-0.15, -0.1) is 0 Å². The molecule has 1 N–H and O–H groups in total. The highest BCUT2D eigenvalue weighted by Crippen LogP contribution is 2.51. The smallest absolute Gasteiger partial charge is 0.268 e. The van der Waals surface area contributed by atoms with Crippen LogP contribution in [-0.2, 0) is 10.1 Å². The van der Waals surface area contributed by atoms with Crippen LogP contribution in [0.3, 0.4) is 0 Å². The molecule has 2 aliphatic rings. The monoisotopic (exact) mass is 218 g/mol. The second-order valence-electron chi connectivity index (χ2n) is 4.82. The maximum Gasteiger partial charge on any atom is 0.268 e. The Bertz CT molecular complexity index is 301. The molecule has 0 aliphatic heterocycles. The maximum absolute atomic E-state index is 11.3. The Labute approximate surface area is 85.6 Å². The van der Waals surface area contributed by atoms with Crippen molar-refractivity contribution in [2.75, 3.05) is 0 Å². The summed E-state index contributed by atoms with van der Waals surface area (Å²) < 4.78 is 31.7. The van der Waals surface area contributed by atoms with E-state index >= 15 is 0 Å². The molecule has 2 aliphatic carbocycles. The van der Waals surface area contributed by atoms with Gasteiger partial charge in [-0.1, -0.05) is 25.7 Å². The van der Waals surface area contributed by atoms with Gasteiger partial charge in [0.15, 0.2) is 0 Å². The molecule has 0 aromatic rings. The van der Waals surface area contributed by atoms with Gasteiger partial charge in [0.25, 0.3) is 10.1 Å². The van der Waals surface area contributed by atoms with E-state index in [1.807, 2.05) is 0 Å². The van der Waals surface area contributed by atoms with Gasteiger partial charge < -0.3 is 0 Å². The van der Waals surface area contributed by atoms with Crippen LogP contribution >= 0.6 is 0 Å². The van der Waals surface area contributed by atoms with E-state index in [0.717, 1.165) is 38.5 Å². The van der Waals surface area contributed by atoms with Crippen LogP contribution < -0.4 is 0 Å². The zero-order valence-electron chi connectivity index (χ0n) is 8.41. The summed E-state index contributed by atoms with van der Waals surface area (Å²) in [5, 5.41) is -0.463. The first-order valence-corrected chi connectivity index (χ1v) is 7.01. The minimum atomic E-state index is -3.81. The van der Waals surface area contributed by atoms with Crippen LogP contribution in [0.1, 0.15) is 51.4 Å². The van der Waals surface area contributed by atoms with E-state index < -0.39 is 15.4 Å². The second-order valence-corrected chi connectivity index (χ2v) is 6.42. The summed E-state index contributed by atoms with van der Waals surface area (Å²) in [7, 11) is -3.81. The van der Waals surface area contributed by atoms with Crippen molar-refractivity contribution in [1.29, 1.82) is 0 Å². The highest BCUT2D eigenvalue weighted by Gasteiger charge is 2.49. The average Bonchev–Trinajstić information content (AvgIpc) is 2.49. The van der Waals surface area contributed by atoms with Crippen LogP contribution in [-0.4, -0.2) is 18.2 Å². The van der Waals surface area contributed by atoms with Crippen LogP contribution in [0.25, 0.3) is 0 Å². The van der Waals surface area contributed by atoms with Crippen molar-refractivity contribution in [1.82, 2.24) is 0 Å². The van der Waals surface area contributed by atoms with Gasteiger partial charge in [-0.3, -0.25) is 4.55 Å². The SMILES string of the molecule is O=S(=O)(O)C1CCCC12CCCCC2. The van der Waals surface area contributed by atoms with Crippen LogP contribution in [0.2, 0.25) is 0 Å². The number of hydrogen-bond acceptors (Lipinski definition) is 2. The molecule has 1 spiro atoms. The van der Waals surface area contributed by atoms with E-state index in [4.69, 9.17) is 0 Å². The molecule has 14 heavy (non-hydrogen) atoms. The fourth-order valence-corrected chi connectivity index (χ4v) is 4.85. The van der Waals surface area contributed by atoms with Gasteiger partial charge in [0.05, 0.1) is 5.25 Å². The molecule has 0 aromatic carbocycles. The quantitative estimate of drug-likeness (QED) is 0.687. The van der Waals surface area contributed by atoms with E-state index in [-0.39, 0.29) is 5.41 Å². The molecule has 0 amide bonds. The molecule has 0 bridgehead atoms. The summed E-state index contributed by atoms with van der Waals surface area (Å²) in [5.41, 5.74) is -0.0637. The fraction of sp³-hybridized carbons (Fsp3) is 1.00. The molecule has 1 unspecified atom stereocenters. The van der Waals surface area contributed by atoms with E-state index in [1.165, 1.54) is 6.42 Å². The van der Waals surface area contributed by atoms with Crippen molar-refractivity contribution in [3.8, 4) is 0 Å². The lowest BCUT2D eigenvalue weighted by Crippen LogP contribution is -2.37. The third-order valence-corrected chi connectivity index (χ3v) is 5.49. The molecule has 82 valence electrons. The number of hydrogen-bond donors (Lipinski definition) is 1. The molecule has 2 saturated carbocycles. The summed E-state index contributed by atoms with van der Waals surface area (Å²) in [6, 6.07) is 0. The van der Waals surface area contributed by atoms with E-state index in [1.54, 1.807) is 0 Å². The summed E-state index contributed by atoms with van der Waals surface area (Å²) >= 11 is 0. The van der Waals surface area contributed by atoms with Crippen LogP contribution in [0.4, 0.5) is 0 Å². The normalized spacial score (nSPS) is 32.2. The zero-order valence-corrected chi connectivity index (χ0v) is 9.22. The van der Waals surface area contributed by atoms with Crippen molar-refractivity contribution in [3.05, 3.63) is 0 Å². The molecule has 4 heteroatoms. The Hall–Kier alpha value is -0.0900. The Balaban J connectivity index is 2.24. The van der Waals surface area contributed by atoms with Crippen molar-refractivity contribution in [2.24, 2.45) is 5.41 Å². The fourth-order valence-electron chi connectivity index (χ4n) is 3.40. The third-order valence-electron chi connectivity index (χ3n) is 4.03. The first-order chi connectivity index (χ1) is 6.55. The predicted octanol–water partition coefficient (Wildman–Crippen LogP) is 2.38. The topological polar surface area (TPSA) is 54.4 Å². The minimum Gasteiger partial charge on any atom is -0.285 e. The predicted molar refractivity (Wildman–Crippen MR) is 54.7 cm³/mol. The summed E-state index contributed by atoms with van der Waals surface area (Å²) in [6.45, 7) is 0. The molecular formula is C10H18O3S. The Kier molecular flexibility index (Phi) is 2.60. The van der Waals surface area contributed by atoms with Gasteiger partial charge in [-0.05, 0) is 31.1 Å².